The standard InChI is InChI=1S/C21H16FN5O2/c1-12-17(8-24-9-18(12)22)21(28)27-20-11-25-19(10-26-20)16-6-15(29-14-4-5-14)3-2-13(16)7-23/h2-3,6,8-11,14H,4-5H2,1H3,(H,26,27,28). The number of rotatable bonds is 5. The highest BCUT2D eigenvalue weighted by molar-refractivity contribution is 6.04. The van der Waals surface area contributed by atoms with Gasteiger partial charge in [0.1, 0.15) is 11.6 Å². The Hall–Kier alpha value is -3.86. The van der Waals surface area contributed by atoms with E-state index in [0.717, 1.165) is 19.0 Å². The van der Waals surface area contributed by atoms with Crippen LogP contribution in [0.15, 0.2) is 43.0 Å². The second kappa shape index (κ2) is 7.64. The second-order valence-corrected chi connectivity index (χ2v) is 6.67. The monoisotopic (exact) mass is 389 g/mol. The molecule has 3 aromatic rings. The van der Waals surface area contributed by atoms with E-state index in [4.69, 9.17) is 4.74 Å². The number of ether oxygens (including phenoxy) is 1. The van der Waals surface area contributed by atoms with Crippen LogP contribution in [-0.2, 0) is 0 Å². The van der Waals surface area contributed by atoms with E-state index in [9.17, 15) is 14.4 Å². The molecule has 0 saturated heterocycles. The van der Waals surface area contributed by atoms with E-state index in [1.807, 2.05) is 0 Å². The maximum atomic E-state index is 13.6. The van der Waals surface area contributed by atoms with Crippen LogP contribution in [0.1, 0.15) is 34.3 Å². The number of benzene rings is 1. The van der Waals surface area contributed by atoms with Crippen molar-refractivity contribution in [2.24, 2.45) is 0 Å². The molecular weight excluding hydrogens is 373 g/mol. The molecule has 0 radical (unpaired) electrons. The quantitative estimate of drug-likeness (QED) is 0.715. The highest BCUT2D eigenvalue weighted by atomic mass is 19.1. The first kappa shape index (κ1) is 18.5. The van der Waals surface area contributed by atoms with Crippen molar-refractivity contribution in [1.29, 1.82) is 5.26 Å². The predicted molar refractivity (Wildman–Crippen MR) is 103 cm³/mol. The number of halogens is 1. The first-order valence-corrected chi connectivity index (χ1v) is 9.00. The van der Waals surface area contributed by atoms with Crippen LogP contribution in [-0.4, -0.2) is 27.0 Å². The van der Waals surface area contributed by atoms with Gasteiger partial charge in [-0.15, -0.1) is 0 Å². The van der Waals surface area contributed by atoms with E-state index in [1.54, 1.807) is 18.2 Å². The number of nitrogens with zero attached hydrogens (tertiary/aromatic N) is 4. The summed E-state index contributed by atoms with van der Waals surface area (Å²) in [6.45, 7) is 1.50. The van der Waals surface area contributed by atoms with E-state index < -0.39 is 11.7 Å². The molecule has 144 valence electrons. The Kier molecular flexibility index (Phi) is 4.87. The smallest absolute Gasteiger partial charge is 0.258 e. The third-order valence-electron chi connectivity index (χ3n) is 4.51. The van der Waals surface area contributed by atoms with Gasteiger partial charge in [-0.3, -0.25) is 14.8 Å². The molecule has 0 spiro atoms. The average molecular weight is 389 g/mol. The number of carbonyl (C=O) groups excluding carboxylic acids is 1. The van der Waals surface area contributed by atoms with E-state index in [1.165, 1.54) is 25.5 Å². The van der Waals surface area contributed by atoms with Crippen LogP contribution in [0.4, 0.5) is 10.2 Å². The number of nitrogens with one attached hydrogen (secondary N) is 1. The summed E-state index contributed by atoms with van der Waals surface area (Å²) in [6.07, 6.45) is 7.48. The van der Waals surface area contributed by atoms with E-state index >= 15 is 0 Å². The number of anilines is 1. The van der Waals surface area contributed by atoms with Gasteiger partial charge in [0.25, 0.3) is 5.91 Å². The zero-order chi connectivity index (χ0) is 20.4. The molecule has 2 aromatic heterocycles. The van der Waals surface area contributed by atoms with Crippen LogP contribution < -0.4 is 10.1 Å². The van der Waals surface area contributed by atoms with Gasteiger partial charge in [-0.05, 0) is 38.0 Å². The minimum absolute atomic E-state index is 0.118. The third-order valence-corrected chi connectivity index (χ3v) is 4.51. The summed E-state index contributed by atoms with van der Waals surface area (Å²) in [5.41, 5.74) is 1.84. The summed E-state index contributed by atoms with van der Waals surface area (Å²) >= 11 is 0. The summed E-state index contributed by atoms with van der Waals surface area (Å²) < 4.78 is 19.4. The number of aromatic nitrogens is 3. The van der Waals surface area contributed by atoms with Crippen LogP contribution in [0, 0.1) is 24.1 Å². The fourth-order valence-corrected chi connectivity index (χ4v) is 2.73. The van der Waals surface area contributed by atoms with E-state index in [2.05, 4.69) is 26.3 Å². The van der Waals surface area contributed by atoms with Crippen LogP contribution in [0.25, 0.3) is 11.3 Å². The number of nitriles is 1. The lowest BCUT2D eigenvalue weighted by Gasteiger charge is -2.10. The third kappa shape index (κ3) is 4.04. The van der Waals surface area contributed by atoms with Gasteiger partial charge in [-0.25, -0.2) is 9.37 Å². The Balaban J connectivity index is 1.55. The van der Waals surface area contributed by atoms with Crippen LogP contribution in [0.5, 0.6) is 5.75 Å². The van der Waals surface area contributed by atoms with Gasteiger partial charge >= 0.3 is 0 Å². The molecule has 4 rings (SSSR count). The molecule has 0 aliphatic heterocycles. The van der Waals surface area contributed by atoms with Gasteiger partial charge in [0.05, 0.1) is 47.6 Å². The van der Waals surface area contributed by atoms with Crippen molar-refractivity contribution in [2.45, 2.75) is 25.9 Å². The molecule has 0 unspecified atom stereocenters. The molecule has 1 aromatic carbocycles. The van der Waals surface area contributed by atoms with Crippen molar-refractivity contribution in [3.05, 3.63) is 65.5 Å². The van der Waals surface area contributed by atoms with E-state index in [0.29, 0.717) is 22.6 Å². The van der Waals surface area contributed by atoms with Crippen LogP contribution in [0.2, 0.25) is 0 Å². The van der Waals surface area contributed by atoms with Crippen molar-refractivity contribution >= 4 is 11.7 Å². The van der Waals surface area contributed by atoms with Crippen molar-refractivity contribution in [3.8, 4) is 23.1 Å². The molecule has 1 aliphatic rings. The van der Waals surface area contributed by atoms with Crippen LogP contribution >= 0.6 is 0 Å². The van der Waals surface area contributed by atoms with Crippen molar-refractivity contribution in [2.75, 3.05) is 5.32 Å². The summed E-state index contributed by atoms with van der Waals surface area (Å²) in [5.74, 6) is -0.216. The largest absolute Gasteiger partial charge is 0.490 e. The zero-order valence-corrected chi connectivity index (χ0v) is 15.5. The highest BCUT2D eigenvalue weighted by Crippen LogP contribution is 2.31. The topological polar surface area (TPSA) is 101 Å². The molecule has 29 heavy (non-hydrogen) atoms. The molecule has 0 bridgehead atoms. The van der Waals surface area contributed by atoms with Gasteiger partial charge in [-0.2, -0.15) is 5.26 Å². The minimum atomic E-state index is -0.559. The van der Waals surface area contributed by atoms with Gasteiger partial charge in [0.15, 0.2) is 5.82 Å². The lowest BCUT2D eigenvalue weighted by molar-refractivity contribution is 0.102. The predicted octanol–water partition coefficient (Wildman–Crippen LogP) is 3.65. The maximum Gasteiger partial charge on any atom is 0.258 e. The Bertz CT molecular complexity index is 1120. The van der Waals surface area contributed by atoms with Gasteiger partial charge in [0.2, 0.25) is 0 Å². The molecule has 1 N–H and O–H groups in total. The normalized spacial score (nSPS) is 12.9. The van der Waals surface area contributed by atoms with Crippen molar-refractivity contribution in [1.82, 2.24) is 15.0 Å². The SMILES string of the molecule is Cc1c(F)cncc1C(=O)Nc1cnc(-c2cc(OC3CC3)ccc2C#N)cn1. The number of hydrogen-bond donors (Lipinski definition) is 1. The fraction of sp³-hybridized carbons (Fsp3) is 0.190. The van der Waals surface area contributed by atoms with Crippen molar-refractivity contribution < 1.29 is 13.9 Å². The molecule has 1 fully saturated rings. The van der Waals surface area contributed by atoms with Gasteiger partial charge < -0.3 is 10.1 Å². The van der Waals surface area contributed by atoms with Crippen molar-refractivity contribution in [3.63, 3.8) is 0 Å². The zero-order valence-electron chi connectivity index (χ0n) is 15.5. The summed E-state index contributed by atoms with van der Waals surface area (Å²) in [6, 6.07) is 7.35. The summed E-state index contributed by atoms with van der Waals surface area (Å²) in [7, 11) is 0. The van der Waals surface area contributed by atoms with Gasteiger partial charge in [0, 0.05) is 17.3 Å². The second-order valence-electron chi connectivity index (χ2n) is 6.67. The minimum Gasteiger partial charge on any atom is -0.490 e. The Morgan fingerprint density at radius 1 is 1.24 bits per heavy atom. The maximum absolute atomic E-state index is 13.6. The van der Waals surface area contributed by atoms with Crippen LogP contribution in [0.3, 0.4) is 0 Å². The molecule has 8 heteroatoms. The number of carbonyl (C=O) groups is 1. The number of hydrogen-bond acceptors (Lipinski definition) is 6. The Morgan fingerprint density at radius 3 is 2.76 bits per heavy atom. The lowest BCUT2D eigenvalue weighted by Crippen LogP contribution is -2.15. The lowest BCUT2D eigenvalue weighted by atomic mass is 10.1. The first-order chi connectivity index (χ1) is 14.0. The molecule has 1 saturated carbocycles. The Morgan fingerprint density at radius 2 is 2.07 bits per heavy atom. The summed E-state index contributed by atoms with van der Waals surface area (Å²) in [5, 5.41) is 12.0. The summed E-state index contributed by atoms with van der Waals surface area (Å²) in [4.78, 5) is 24.5. The molecule has 1 amide bonds. The van der Waals surface area contributed by atoms with E-state index in [-0.39, 0.29) is 23.0 Å². The Labute approximate surface area is 166 Å². The average Bonchev–Trinajstić information content (AvgIpc) is 3.54. The molecule has 7 nitrogen and oxygen atoms in total. The van der Waals surface area contributed by atoms with Gasteiger partial charge in [-0.1, -0.05) is 0 Å². The molecular formula is C21H16FN5O2. The fourth-order valence-electron chi connectivity index (χ4n) is 2.73. The number of pyridine rings is 1. The molecule has 0 atom stereocenters. The molecule has 2 heterocycles. The highest BCUT2D eigenvalue weighted by Gasteiger charge is 2.24. The molecule has 1 aliphatic carbocycles. The first-order valence-electron chi connectivity index (χ1n) is 9.00. The number of amides is 1.